The molecule has 4 aliphatic carbocycles. The van der Waals surface area contributed by atoms with Crippen LogP contribution >= 0.6 is 11.3 Å². The van der Waals surface area contributed by atoms with Gasteiger partial charge < -0.3 is 35.6 Å². The van der Waals surface area contributed by atoms with Crippen LogP contribution in [-0.2, 0) is 50.9 Å². The Kier molecular flexibility index (Phi) is 12.7. The zero-order valence-electron chi connectivity index (χ0n) is 38.4. The Hall–Kier alpha value is -5.42. The molecule has 15 nitrogen and oxygen atoms in total. The summed E-state index contributed by atoms with van der Waals surface area (Å²) in [5.41, 5.74) is 3.49. The van der Waals surface area contributed by atoms with Crippen molar-refractivity contribution in [2.24, 2.45) is 29.6 Å². The molecule has 5 amide bonds. The van der Waals surface area contributed by atoms with Crippen molar-refractivity contribution in [1.29, 1.82) is 0 Å². The minimum atomic E-state index is -1.06. The summed E-state index contributed by atoms with van der Waals surface area (Å²) in [6, 6.07) is 18.2. The number of anilines is 1. The molecule has 4 saturated carbocycles. The molecule has 6 fully saturated rings. The molecule has 1 aromatic heterocycles. The van der Waals surface area contributed by atoms with Gasteiger partial charge in [-0.25, -0.2) is 9.87 Å². The van der Waals surface area contributed by atoms with Gasteiger partial charge in [0.25, 0.3) is 5.79 Å². The second kappa shape index (κ2) is 18.3. The van der Waals surface area contributed by atoms with Gasteiger partial charge in [-0.2, -0.15) is 4.89 Å². The van der Waals surface area contributed by atoms with Gasteiger partial charge >= 0.3 is 0 Å². The molecule has 0 radical (unpaired) electrons. The zero-order chi connectivity index (χ0) is 46.5. The zero-order valence-corrected chi connectivity index (χ0v) is 39.2. The number of benzene rings is 3. The van der Waals surface area contributed by atoms with Crippen LogP contribution in [0.2, 0.25) is 0 Å². The third-order valence-electron chi connectivity index (χ3n) is 14.6. The third-order valence-corrected chi connectivity index (χ3v) is 15.6. The number of ether oxygens (including phenoxy) is 2. The fraction of sp³-hybridized carbons (Fsp3) is 0.520. The van der Waals surface area contributed by atoms with Crippen LogP contribution in [0.4, 0.5) is 5.69 Å². The molecular formula is C50H60N6O9S. The van der Waals surface area contributed by atoms with Crippen LogP contribution in [0.15, 0.2) is 66.7 Å². The van der Waals surface area contributed by atoms with Gasteiger partial charge in [0.2, 0.25) is 29.5 Å². The molecule has 3 heterocycles. The highest BCUT2D eigenvalue weighted by molar-refractivity contribution is 7.21. The Morgan fingerprint density at radius 1 is 0.848 bits per heavy atom. The van der Waals surface area contributed by atoms with E-state index < -0.39 is 59.2 Å². The second-order valence-corrected chi connectivity index (χ2v) is 20.4. The highest BCUT2D eigenvalue weighted by Gasteiger charge is 2.76. The molecule has 5 atom stereocenters. The summed E-state index contributed by atoms with van der Waals surface area (Å²) >= 11 is 1.61. The standard InChI is InChI=1S/C50H60N6O9S/c1-27(2)43(55-45(59)40-11-9-19-56(40)48(61)29(4)52-44(58)28(3)51-30(5)57)46(60)53-37-16-13-31(14-17-37)26-63-41-25-34(15-18-38(41)47-54-39-10-7-8-12-42(39)66-47)50(62-6)49(64-65-50)35-21-32-20-33(23-35)24-36(49)22-32/h7-8,10,12-18,25,27-29,32-33,35-36,40,43H,9,11,19-24,26H2,1-6H3,(H,51,57)(H,52,58)(H,53,60)(H,55,59)/t28-,29+,32?,33?,35?,36?,40+,43+,49?,50?/m0/s1. The molecule has 3 aromatic carbocycles. The van der Waals surface area contributed by atoms with Gasteiger partial charge in [0.05, 0.1) is 15.8 Å². The predicted octanol–water partition coefficient (Wildman–Crippen LogP) is 6.60. The molecule has 10 rings (SSSR count). The van der Waals surface area contributed by atoms with Crippen molar-refractivity contribution in [2.45, 2.75) is 122 Å². The maximum Gasteiger partial charge on any atom is 0.260 e. The van der Waals surface area contributed by atoms with Crippen molar-refractivity contribution in [1.82, 2.24) is 25.8 Å². The number of carbonyl (C=O) groups is 5. The number of nitrogens with zero attached hydrogens (tertiary/aromatic N) is 2. The summed E-state index contributed by atoms with van der Waals surface area (Å²) in [6.45, 7) is 8.62. The number of para-hydroxylation sites is 1. The Balaban J connectivity index is 0.875. The van der Waals surface area contributed by atoms with E-state index in [9.17, 15) is 24.0 Å². The van der Waals surface area contributed by atoms with E-state index in [1.807, 2.05) is 50.2 Å². The van der Waals surface area contributed by atoms with Gasteiger partial charge in [0, 0.05) is 31.8 Å². The molecule has 16 heteroatoms. The van der Waals surface area contributed by atoms with Crippen LogP contribution in [0.1, 0.15) is 90.7 Å². The topological polar surface area (TPSA) is 187 Å². The van der Waals surface area contributed by atoms with Crippen molar-refractivity contribution in [3.8, 4) is 16.3 Å². The highest BCUT2D eigenvalue weighted by Crippen LogP contribution is 2.69. The number of aromatic nitrogens is 1. The maximum absolute atomic E-state index is 13.7. The lowest BCUT2D eigenvalue weighted by atomic mass is 9.47. The van der Waals surface area contributed by atoms with E-state index in [-0.39, 0.29) is 18.4 Å². The lowest BCUT2D eigenvalue weighted by molar-refractivity contribution is -0.645. The minimum Gasteiger partial charge on any atom is -0.488 e. The number of rotatable bonds is 15. The van der Waals surface area contributed by atoms with Crippen LogP contribution in [0.25, 0.3) is 20.8 Å². The van der Waals surface area contributed by atoms with Crippen LogP contribution < -0.4 is 26.0 Å². The van der Waals surface area contributed by atoms with E-state index in [2.05, 4.69) is 39.5 Å². The van der Waals surface area contributed by atoms with E-state index in [1.165, 1.54) is 25.2 Å². The Bertz CT molecular complexity index is 2450. The van der Waals surface area contributed by atoms with Crippen molar-refractivity contribution >= 4 is 56.8 Å². The minimum absolute atomic E-state index is 0.227. The summed E-state index contributed by atoms with van der Waals surface area (Å²) in [5, 5.41) is 11.8. The van der Waals surface area contributed by atoms with E-state index in [0.717, 1.165) is 69.4 Å². The highest BCUT2D eigenvalue weighted by atomic mass is 32.1. The lowest BCUT2D eigenvalue weighted by Gasteiger charge is -2.68. The first-order valence-electron chi connectivity index (χ1n) is 23.3. The molecular weight excluding hydrogens is 861 g/mol. The molecule has 2 aliphatic heterocycles. The first-order chi connectivity index (χ1) is 31.7. The van der Waals surface area contributed by atoms with Crippen molar-refractivity contribution < 1.29 is 43.2 Å². The molecule has 2 saturated heterocycles. The van der Waals surface area contributed by atoms with Gasteiger partial charge in [-0.1, -0.05) is 44.2 Å². The first kappa shape index (κ1) is 45.7. The number of hydrogen-bond acceptors (Lipinski definition) is 11. The van der Waals surface area contributed by atoms with Crippen LogP contribution in [-0.4, -0.2) is 82.8 Å². The normalized spacial score (nSPS) is 27.6. The largest absolute Gasteiger partial charge is 0.488 e. The van der Waals surface area contributed by atoms with Crippen molar-refractivity contribution in [3.05, 3.63) is 77.9 Å². The average Bonchev–Trinajstić information content (AvgIpc) is 3.95. The molecule has 350 valence electrons. The monoisotopic (exact) mass is 920 g/mol. The number of likely N-dealkylation sites (tertiary alicyclic amines) is 1. The van der Waals surface area contributed by atoms with Gasteiger partial charge in [0.15, 0.2) is 5.60 Å². The molecule has 66 heavy (non-hydrogen) atoms. The Morgan fingerprint density at radius 2 is 1.56 bits per heavy atom. The predicted molar refractivity (Wildman–Crippen MR) is 247 cm³/mol. The van der Waals surface area contributed by atoms with Gasteiger partial charge in [-0.15, -0.1) is 11.3 Å². The number of fused-ring (bicyclic) bond motifs is 1. The summed E-state index contributed by atoms with van der Waals surface area (Å²) in [7, 11) is 1.72. The van der Waals surface area contributed by atoms with Gasteiger partial charge in [-0.05, 0) is 130 Å². The number of thiazole rings is 1. The van der Waals surface area contributed by atoms with Crippen LogP contribution in [0, 0.1) is 29.6 Å². The summed E-state index contributed by atoms with van der Waals surface area (Å²) in [6.07, 6.45) is 6.85. The van der Waals surface area contributed by atoms with Gasteiger partial charge in [-0.3, -0.25) is 24.0 Å². The summed E-state index contributed by atoms with van der Waals surface area (Å²) in [5.74, 6) is -0.614. The molecule has 6 aliphatic rings. The van der Waals surface area contributed by atoms with E-state index >= 15 is 0 Å². The number of carbonyl (C=O) groups excluding carboxylic acids is 5. The average molecular weight is 921 g/mol. The molecule has 4 bridgehead atoms. The van der Waals surface area contributed by atoms with Gasteiger partial charge in [0.1, 0.15) is 41.5 Å². The number of hydrogen-bond donors (Lipinski definition) is 4. The maximum atomic E-state index is 13.7. The summed E-state index contributed by atoms with van der Waals surface area (Å²) < 4.78 is 14.2. The molecule has 4 N–H and O–H groups in total. The van der Waals surface area contributed by atoms with Crippen LogP contribution in [0.3, 0.4) is 0 Å². The Morgan fingerprint density at radius 3 is 2.20 bits per heavy atom. The lowest BCUT2D eigenvalue weighted by Crippen LogP contribution is -2.76. The summed E-state index contributed by atoms with van der Waals surface area (Å²) in [4.78, 5) is 83.7. The quantitative estimate of drug-likeness (QED) is 0.0948. The fourth-order valence-electron chi connectivity index (χ4n) is 11.5. The van der Waals surface area contributed by atoms with E-state index in [4.69, 9.17) is 24.2 Å². The number of methoxy groups -OCH3 is 1. The SMILES string of the molecule is COC1(c2ccc(-c3nc4ccccc4s3)c(OCc3ccc(NC(=O)[C@H](NC(=O)[C@H]4CCCN4C(=O)[C@@H](C)NC(=O)[C@H](C)NC(C)=O)C(C)C)cc3)c2)OOC12C1CC3CC(C1)CC2C3. The fourth-order valence-corrected chi connectivity index (χ4v) is 12.5. The molecule has 1 spiro atoms. The Labute approximate surface area is 389 Å². The third kappa shape index (κ3) is 8.34. The van der Waals surface area contributed by atoms with E-state index in [0.29, 0.717) is 42.7 Å². The van der Waals surface area contributed by atoms with Crippen molar-refractivity contribution in [2.75, 3.05) is 19.0 Å². The van der Waals surface area contributed by atoms with E-state index in [1.54, 1.807) is 37.5 Å². The second-order valence-electron chi connectivity index (χ2n) is 19.3. The van der Waals surface area contributed by atoms with Crippen LogP contribution in [0.5, 0.6) is 5.75 Å². The van der Waals surface area contributed by atoms with Crippen molar-refractivity contribution in [3.63, 3.8) is 0 Å². The number of nitrogens with one attached hydrogen (secondary N) is 4. The number of amides is 5. The first-order valence-corrected chi connectivity index (χ1v) is 24.1. The molecule has 1 unspecified atom stereocenters. The molecule has 4 aromatic rings. The smallest absolute Gasteiger partial charge is 0.260 e.